The van der Waals surface area contributed by atoms with Gasteiger partial charge in [-0.2, -0.15) is 0 Å². The highest BCUT2D eigenvalue weighted by molar-refractivity contribution is 5.98. The fourth-order valence-corrected chi connectivity index (χ4v) is 2.10. The van der Waals surface area contributed by atoms with Gasteiger partial charge in [0, 0.05) is 13.5 Å². The highest BCUT2D eigenvalue weighted by Gasteiger charge is 2.19. The van der Waals surface area contributed by atoms with Crippen LogP contribution in [0.15, 0.2) is 18.2 Å². The van der Waals surface area contributed by atoms with Crippen molar-refractivity contribution in [3.8, 4) is 0 Å². The Hall–Kier alpha value is -1.84. The van der Waals surface area contributed by atoms with Gasteiger partial charge in [-0.25, -0.2) is 0 Å². The maximum absolute atomic E-state index is 12.0. The van der Waals surface area contributed by atoms with Crippen molar-refractivity contribution in [1.82, 2.24) is 5.32 Å². The summed E-state index contributed by atoms with van der Waals surface area (Å²) in [7, 11) is 0. The van der Waals surface area contributed by atoms with Gasteiger partial charge >= 0.3 is 0 Å². The van der Waals surface area contributed by atoms with Gasteiger partial charge in [0.15, 0.2) is 0 Å². The van der Waals surface area contributed by atoms with E-state index in [1.165, 1.54) is 6.92 Å². The molecule has 4 nitrogen and oxygen atoms in total. The van der Waals surface area contributed by atoms with Crippen LogP contribution in [0.2, 0.25) is 0 Å². The summed E-state index contributed by atoms with van der Waals surface area (Å²) in [6.45, 7) is 10.1. The Balaban J connectivity index is 2.90. The van der Waals surface area contributed by atoms with E-state index in [2.05, 4.69) is 5.32 Å². The van der Waals surface area contributed by atoms with Gasteiger partial charge in [0.1, 0.15) is 6.54 Å². The number of rotatable bonds is 5. The fourth-order valence-electron chi connectivity index (χ4n) is 2.10. The number of hydrogen-bond donors (Lipinski definition) is 1. The van der Waals surface area contributed by atoms with E-state index in [4.69, 9.17) is 0 Å². The number of hydrogen-bond acceptors (Lipinski definition) is 2. The average Bonchev–Trinajstić information content (AvgIpc) is 2.34. The van der Waals surface area contributed by atoms with Crippen molar-refractivity contribution in [3.05, 3.63) is 29.3 Å². The first-order valence-corrected chi connectivity index (χ1v) is 6.94. The van der Waals surface area contributed by atoms with Crippen molar-refractivity contribution < 1.29 is 9.59 Å². The smallest absolute Gasteiger partial charge is 0.240 e. The lowest BCUT2D eigenvalue weighted by Gasteiger charge is -2.24. The van der Waals surface area contributed by atoms with Gasteiger partial charge in [-0.3, -0.25) is 9.59 Å². The molecule has 0 unspecified atom stereocenters. The molecular weight excluding hydrogens is 252 g/mol. The molecule has 0 aliphatic heterocycles. The molecule has 0 saturated heterocycles. The maximum atomic E-state index is 12.0. The Morgan fingerprint density at radius 1 is 1.20 bits per heavy atom. The second kappa shape index (κ2) is 7.08. The predicted molar refractivity (Wildman–Crippen MR) is 81.8 cm³/mol. The second-order valence-electron chi connectivity index (χ2n) is 5.54. The molecule has 0 heterocycles. The Bertz CT molecular complexity index is 475. The second-order valence-corrected chi connectivity index (χ2v) is 5.54. The van der Waals surface area contributed by atoms with Crippen LogP contribution >= 0.6 is 0 Å². The number of aryl methyl sites for hydroxylation is 2. The fraction of sp³-hybridized carbons (Fsp3) is 0.500. The minimum absolute atomic E-state index is 0.0632. The molecule has 110 valence electrons. The molecule has 1 rings (SSSR count). The summed E-state index contributed by atoms with van der Waals surface area (Å²) in [5.74, 6) is 0.142. The van der Waals surface area contributed by atoms with E-state index in [1.54, 1.807) is 4.90 Å². The highest BCUT2D eigenvalue weighted by atomic mass is 16.2. The molecule has 0 aliphatic rings. The SMILES string of the molecule is CC(=O)N(CC(=O)NCC(C)C)c1c(C)cccc1C. The predicted octanol–water partition coefficient (Wildman–Crippen LogP) is 2.43. The Morgan fingerprint density at radius 3 is 2.20 bits per heavy atom. The summed E-state index contributed by atoms with van der Waals surface area (Å²) in [5, 5.41) is 2.84. The Kier molecular flexibility index (Phi) is 5.74. The first-order valence-electron chi connectivity index (χ1n) is 6.94. The van der Waals surface area contributed by atoms with Crippen molar-refractivity contribution in [3.63, 3.8) is 0 Å². The summed E-state index contributed by atoms with van der Waals surface area (Å²) >= 11 is 0. The van der Waals surface area contributed by atoms with E-state index >= 15 is 0 Å². The summed E-state index contributed by atoms with van der Waals surface area (Å²) < 4.78 is 0. The third-order valence-electron chi connectivity index (χ3n) is 3.10. The zero-order valence-corrected chi connectivity index (χ0v) is 13.0. The Labute approximate surface area is 121 Å². The molecule has 4 heteroatoms. The van der Waals surface area contributed by atoms with Crippen molar-refractivity contribution >= 4 is 17.5 Å². The largest absolute Gasteiger partial charge is 0.354 e. The molecule has 1 aromatic carbocycles. The number of carbonyl (C=O) groups excluding carboxylic acids is 2. The number of carbonyl (C=O) groups is 2. The normalized spacial score (nSPS) is 10.5. The lowest BCUT2D eigenvalue weighted by atomic mass is 10.1. The number of anilines is 1. The van der Waals surface area contributed by atoms with Crippen LogP contribution < -0.4 is 10.2 Å². The topological polar surface area (TPSA) is 49.4 Å². The molecule has 0 fully saturated rings. The van der Waals surface area contributed by atoms with Gasteiger partial charge in [-0.1, -0.05) is 32.0 Å². The molecule has 0 atom stereocenters. The summed E-state index contributed by atoms with van der Waals surface area (Å²) in [4.78, 5) is 25.4. The van der Waals surface area contributed by atoms with Gasteiger partial charge in [-0.15, -0.1) is 0 Å². The van der Waals surface area contributed by atoms with E-state index in [9.17, 15) is 9.59 Å². The van der Waals surface area contributed by atoms with Gasteiger partial charge in [0.2, 0.25) is 11.8 Å². The molecule has 0 saturated carbocycles. The van der Waals surface area contributed by atoms with E-state index in [0.717, 1.165) is 16.8 Å². The van der Waals surface area contributed by atoms with Gasteiger partial charge in [0.05, 0.1) is 5.69 Å². The van der Waals surface area contributed by atoms with Crippen LogP contribution in [0.25, 0.3) is 0 Å². The number of amides is 2. The summed E-state index contributed by atoms with van der Waals surface area (Å²) in [5.41, 5.74) is 2.83. The van der Waals surface area contributed by atoms with Crippen LogP contribution in [0.1, 0.15) is 31.9 Å². The maximum Gasteiger partial charge on any atom is 0.240 e. The van der Waals surface area contributed by atoms with E-state index < -0.39 is 0 Å². The van der Waals surface area contributed by atoms with Crippen LogP contribution in [-0.4, -0.2) is 24.9 Å². The van der Waals surface area contributed by atoms with E-state index in [0.29, 0.717) is 12.5 Å². The van der Waals surface area contributed by atoms with Gasteiger partial charge in [0.25, 0.3) is 0 Å². The minimum atomic E-state index is -0.128. The van der Waals surface area contributed by atoms with Gasteiger partial charge < -0.3 is 10.2 Å². The quantitative estimate of drug-likeness (QED) is 0.898. The first-order chi connectivity index (χ1) is 9.32. The van der Waals surface area contributed by atoms with Crippen molar-refractivity contribution in [2.24, 2.45) is 5.92 Å². The van der Waals surface area contributed by atoms with Gasteiger partial charge in [-0.05, 0) is 30.9 Å². The molecule has 0 spiro atoms. The van der Waals surface area contributed by atoms with E-state index in [-0.39, 0.29) is 18.4 Å². The van der Waals surface area contributed by atoms with Crippen LogP contribution in [0, 0.1) is 19.8 Å². The molecule has 0 aliphatic carbocycles. The zero-order valence-electron chi connectivity index (χ0n) is 13.0. The molecular formula is C16H24N2O2. The monoisotopic (exact) mass is 276 g/mol. The third kappa shape index (κ3) is 4.37. The average molecular weight is 276 g/mol. The van der Waals surface area contributed by atoms with Crippen LogP contribution in [0.4, 0.5) is 5.69 Å². The van der Waals surface area contributed by atoms with Crippen LogP contribution in [-0.2, 0) is 9.59 Å². The molecule has 0 radical (unpaired) electrons. The van der Waals surface area contributed by atoms with Crippen LogP contribution in [0.5, 0.6) is 0 Å². The Morgan fingerprint density at radius 2 is 1.75 bits per heavy atom. The summed E-state index contributed by atoms with van der Waals surface area (Å²) in [6, 6.07) is 5.85. The van der Waals surface area contributed by atoms with Crippen molar-refractivity contribution in [2.75, 3.05) is 18.0 Å². The number of nitrogens with one attached hydrogen (secondary N) is 1. The van der Waals surface area contributed by atoms with E-state index in [1.807, 2.05) is 45.9 Å². The molecule has 0 aromatic heterocycles. The molecule has 0 bridgehead atoms. The number of nitrogens with zero attached hydrogens (tertiary/aromatic N) is 1. The number of para-hydroxylation sites is 1. The molecule has 1 aromatic rings. The highest BCUT2D eigenvalue weighted by Crippen LogP contribution is 2.24. The van der Waals surface area contributed by atoms with Crippen LogP contribution in [0.3, 0.4) is 0 Å². The first kappa shape index (κ1) is 16.2. The number of benzene rings is 1. The molecule has 2 amide bonds. The lowest BCUT2D eigenvalue weighted by molar-refractivity contribution is -0.123. The van der Waals surface area contributed by atoms with Crippen molar-refractivity contribution in [2.45, 2.75) is 34.6 Å². The summed E-state index contributed by atoms with van der Waals surface area (Å²) in [6.07, 6.45) is 0. The zero-order chi connectivity index (χ0) is 15.3. The minimum Gasteiger partial charge on any atom is -0.354 e. The lowest BCUT2D eigenvalue weighted by Crippen LogP contribution is -2.41. The molecule has 1 N–H and O–H groups in total. The standard InChI is InChI=1S/C16H24N2O2/c1-11(2)9-17-15(20)10-18(14(5)19)16-12(3)7-6-8-13(16)4/h6-8,11H,9-10H2,1-5H3,(H,17,20). The van der Waals surface area contributed by atoms with Crippen molar-refractivity contribution in [1.29, 1.82) is 0 Å². The third-order valence-corrected chi connectivity index (χ3v) is 3.10. The molecule has 20 heavy (non-hydrogen) atoms.